The first-order chi connectivity index (χ1) is 12.5. The number of nitrogen functional groups attached to an aromatic ring is 1. The highest BCUT2D eigenvalue weighted by Gasteiger charge is 2.34. The van der Waals surface area contributed by atoms with Gasteiger partial charge in [0.2, 0.25) is 5.91 Å². The molecule has 2 N–H and O–H groups in total. The monoisotopic (exact) mass is 418 g/mol. The summed E-state index contributed by atoms with van der Waals surface area (Å²) < 4.78 is 33.4. The van der Waals surface area contributed by atoms with Gasteiger partial charge in [-0.05, 0) is 18.1 Å². The van der Waals surface area contributed by atoms with Crippen molar-refractivity contribution >= 4 is 34.2 Å². The van der Waals surface area contributed by atoms with Crippen LogP contribution < -0.4 is 5.73 Å². The molecule has 0 radical (unpaired) electrons. The number of carbonyl (C=O) groups is 1. The molecule has 0 saturated carbocycles. The molecule has 0 spiro atoms. The van der Waals surface area contributed by atoms with Gasteiger partial charge in [-0.2, -0.15) is 17.0 Å². The quantitative estimate of drug-likeness (QED) is 0.696. The third-order valence-electron chi connectivity index (χ3n) is 4.88. The average molecular weight is 419 g/mol. The van der Waals surface area contributed by atoms with Crippen LogP contribution in [-0.4, -0.2) is 80.3 Å². The summed E-state index contributed by atoms with van der Waals surface area (Å²) in [4.78, 5) is 14.2. The number of piperazine rings is 1. The maximum Gasteiger partial charge on any atom is 0.282 e. The molecule has 2 saturated heterocycles. The van der Waals surface area contributed by atoms with Gasteiger partial charge in [0.1, 0.15) is 0 Å². The van der Waals surface area contributed by atoms with Crippen molar-refractivity contribution in [3.8, 4) is 0 Å². The van der Waals surface area contributed by atoms with Gasteiger partial charge in [0.05, 0.1) is 13.2 Å². The average Bonchev–Trinajstić information content (AvgIpc) is 2.68. The number of anilines is 1. The van der Waals surface area contributed by atoms with E-state index in [1.54, 1.807) is 4.90 Å². The largest absolute Gasteiger partial charge is 0.399 e. The van der Waals surface area contributed by atoms with Gasteiger partial charge in [0.15, 0.2) is 0 Å². The number of amides is 1. The zero-order valence-corrected chi connectivity index (χ0v) is 16.9. The van der Waals surface area contributed by atoms with Crippen LogP contribution in [-0.2, 0) is 26.2 Å². The Morgan fingerprint density at radius 2 is 1.59 bits per heavy atom. The Hall–Kier alpha value is -1.39. The molecular weight excluding hydrogens is 392 g/mol. The number of nitrogens with zero attached hydrogens (tertiary/aromatic N) is 3. The first-order valence-corrected chi connectivity index (χ1v) is 10.3. The van der Waals surface area contributed by atoms with E-state index >= 15 is 0 Å². The first kappa shape index (κ1) is 21.9. The molecular formula is C17H27ClN4O4S. The topological polar surface area (TPSA) is 96.2 Å². The Labute approximate surface area is 166 Å². The Morgan fingerprint density at radius 3 is 2.22 bits per heavy atom. The summed E-state index contributed by atoms with van der Waals surface area (Å²) in [6.45, 7) is 3.15. The molecule has 3 rings (SSSR count). The van der Waals surface area contributed by atoms with Crippen LogP contribution in [0.1, 0.15) is 12.0 Å². The minimum absolute atomic E-state index is 0. The van der Waals surface area contributed by atoms with Gasteiger partial charge in [-0.25, -0.2) is 0 Å². The van der Waals surface area contributed by atoms with Crippen molar-refractivity contribution in [2.24, 2.45) is 0 Å². The zero-order valence-electron chi connectivity index (χ0n) is 15.2. The molecule has 2 aliphatic rings. The van der Waals surface area contributed by atoms with Crippen LogP contribution in [0.3, 0.4) is 0 Å². The number of aryl methyl sites for hydroxylation is 1. The van der Waals surface area contributed by atoms with Gasteiger partial charge >= 0.3 is 0 Å². The number of carbonyl (C=O) groups excluding carboxylic acids is 1. The van der Waals surface area contributed by atoms with Gasteiger partial charge < -0.3 is 15.4 Å². The minimum atomic E-state index is -3.46. The van der Waals surface area contributed by atoms with E-state index in [2.05, 4.69) is 0 Å². The summed E-state index contributed by atoms with van der Waals surface area (Å²) >= 11 is 0. The lowest BCUT2D eigenvalue weighted by Gasteiger charge is -2.37. The second-order valence-corrected chi connectivity index (χ2v) is 8.43. The highest BCUT2D eigenvalue weighted by atomic mass is 35.5. The van der Waals surface area contributed by atoms with Gasteiger partial charge in [0, 0.05) is 51.4 Å². The fourth-order valence-electron chi connectivity index (χ4n) is 3.27. The van der Waals surface area contributed by atoms with Crippen LogP contribution in [0.5, 0.6) is 0 Å². The van der Waals surface area contributed by atoms with E-state index in [0.717, 1.165) is 5.56 Å². The number of halogens is 1. The molecule has 0 bridgehead atoms. The molecule has 152 valence electrons. The van der Waals surface area contributed by atoms with E-state index < -0.39 is 10.2 Å². The molecule has 2 fully saturated rings. The third kappa shape index (κ3) is 5.32. The van der Waals surface area contributed by atoms with Crippen molar-refractivity contribution in [2.45, 2.75) is 12.8 Å². The molecule has 1 amide bonds. The normalized spacial score (nSPS) is 19.5. The molecule has 8 nitrogen and oxygen atoms in total. The molecule has 2 heterocycles. The van der Waals surface area contributed by atoms with Gasteiger partial charge in [-0.1, -0.05) is 18.2 Å². The maximum atomic E-state index is 12.6. The number of nitrogens with two attached hydrogens (primary N) is 1. The highest BCUT2D eigenvalue weighted by molar-refractivity contribution is 7.86. The number of rotatable bonds is 5. The predicted octanol–water partition coefficient (Wildman–Crippen LogP) is 0.344. The van der Waals surface area contributed by atoms with Crippen molar-refractivity contribution < 1.29 is 17.9 Å². The van der Waals surface area contributed by atoms with E-state index in [-0.39, 0.29) is 18.3 Å². The van der Waals surface area contributed by atoms with Crippen molar-refractivity contribution in [3.63, 3.8) is 0 Å². The van der Waals surface area contributed by atoms with Crippen LogP contribution in [0.4, 0.5) is 5.69 Å². The number of hydrogen-bond donors (Lipinski definition) is 1. The molecule has 1 aromatic carbocycles. The lowest BCUT2D eigenvalue weighted by Crippen LogP contribution is -2.55. The molecule has 10 heteroatoms. The van der Waals surface area contributed by atoms with E-state index in [1.165, 1.54) is 8.61 Å². The number of ether oxygens (including phenoxy) is 1. The predicted molar refractivity (Wildman–Crippen MR) is 106 cm³/mol. The molecule has 0 unspecified atom stereocenters. The molecule has 0 atom stereocenters. The Bertz CT molecular complexity index is 732. The molecule has 0 aromatic heterocycles. The van der Waals surface area contributed by atoms with Crippen molar-refractivity contribution in [1.29, 1.82) is 0 Å². The van der Waals surface area contributed by atoms with Crippen LogP contribution >= 0.6 is 12.4 Å². The second kappa shape index (κ2) is 9.70. The number of hydrogen-bond acceptors (Lipinski definition) is 5. The summed E-state index contributed by atoms with van der Waals surface area (Å²) in [5.74, 6) is 0.0386. The SMILES string of the molecule is Cl.Nc1ccccc1CCC(=O)N1CCN(S(=O)(=O)N2CCOCC2)CC1. The third-order valence-corrected chi connectivity index (χ3v) is 6.91. The fraction of sp³-hybridized carbons (Fsp3) is 0.588. The zero-order chi connectivity index (χ0) is 18.6. The Balaban J connectivity index is 0.00000261. The van der Waals surface area contributed by atoms with E-state index in [9.17, 15) is 13.2 Å². The highest BCUT2D eigenvalue weighted by Crippen LogP contribution is 2.16. The number of morpholine rings is 1. The van der Waals surface area contributed by atoms with Crippen LogP contribution in [0.25, 0.3) is 0 Å². The van der Waals surface area contributed by atoms with Gasteiger partial charge in [0.25, 0.3) is 10.2 Å². The first-order valence-electron chi connectivity index (χ1n) is 8.92. The summed E-state index contributed by atoms with van der Waals surface area (Å²) in [7, 11) is -3.46. The molecule has 1 aromatic rings. The van der Waals surface area contributed by atoms with Gasteiger partial charge in [-0.3, -0.25) is 4.79 Å². The number of benzene rings is 1. The van der Waals surface area contributed by atoms with Gasteiger partial charge in [-0.15, -0.1) is 12.4 Å². The Morgan fingerprint density at radius 1 is 1.00 bits per heavy atom. The lowest BCUT2D eigenvalue weighted by atomic mass is 10.1. The smallest absolute Gasteiger partial charge is 0.282 e. The van der Waals surface area contributed by atoms with Crippen molar-refractivity contribution in [2.75, 3.05) is 58.2 Å². The molecule has 2 aliphatic heterocycles. The van der Waals surface area contributed by atoms with E-state index in [4.69, 9.17) is 10.5 Å². The lowest BCUT2D eigenvalue weighted by molar-refractivity contribution is -0.132. The van der Waals surface area contributed by atoms with Crippen LogP contribution in [0.2, 0.25) is 0 Å². The summed E-state index contributed by atoms with van der Waals surface area (Å²) in [5.41, 5.74) is 7.57. The number of para-hydroxylation sites is 1. The second-order valence-electron chi connectivity index (χ2n) is 6.50. The summed E-state index contributed by atoms with van der Waals surface area (Å²) in [6.07, 6.45) is 0.974. The standard InChI is InChI=1S/C17H26N4O4S.ClH/c18-16-4-2-1-3-15(16)5-6-17(22)19-7-9-20(10-8-19)26(23,24)21-11-13-25-14-12-21;/h1-4H,5-14,18H2;1H. The van der Waals surface area contributed by atoms with E-state index in [0.29, 0.717) is 71.0 Å². The van der Waals surface area contributed by atoms with Crippen molar-refractivity contribution in [3.05, 3.63) is 29.8 Å². The molecule has 0 aliphatic carbocycles. The fourth-order valence-corrected chi connectivity index (χ4v) is 4.83. The molecule has 27 heavy (non-hydrogen) atoms. The maximum absolute atomic E-state index is 12.6. The van der Waals surface area contributed by atoms with Crippen LogP contribution in [0, 0.1) is 0 Å². The summed E-state index contributed by atoms with van der Waals surface area (Å²) in [5, 5.41) is 0. The van der Waals surface area contributed by atoms with E-state index in [1.807, 2.05) is 24.3 Å². The summed E-state index contributed by atoms with van der Waals surface area (Å²) in [6, 6.07) is 7.53. The Kier molecular flexibility index (Phi) is 7.87. The van der Waals surface area contributed by atoms with Crippen molar-refractivity contribution in [1.82, 2.24) is 13.5 Å². The minimum Gasteiger partial charge on any atom is -0.399 e. The van der Waals surface area contributed by atoms with Crippen LogP contribution in [0.15, 0.2) is 24.3 Å².